The molecule has 0 aromatic heterocycles. The third-order valence-electron chi connectivity index (χ3n) is 2.38. The quantitative estimate of drug-likeness (QED) is 0.889. The fourth-order valence-corrected chi connectivity index (χ4v) is 1.79. The van der Waals surface area contributed by atoms with Gasteiger partial charge in [0.15, 0.2) is 0 Å². The van der Waals surface area contributed by atoms with Crippen LogP contribution in [0.5, 0.6) is 0 Å². The van der Waals surface area contributed by atoms with Crippen LogP contribution in [-0.4, -0.2) is 5.91 Å². The Morgan fingerprint density at radius 1 is 1.12 bits per heavy atom. The largest absolute Gasteiger partial charge is 0.322 e. The predicted molar refractivity (Wildman–Crippen MR) is 73.3 cm³/mol. The summed E-state index contributed by atoms with van der Waals surface area (Å²) in [7, 11) is 0. The van der Waals surface area contributed by atoms with Crippen LogP contribution in [0.25, 0.3) is 0 Å². The van der Waals surface area contributed by atoms with Crippen molar-refractivity contribution in [1.29, 1.82) is 0 Å². The molecule has 1 amide bonds. The van der Waals surface area contributed by atoms with E-state index in [-0.39, 0.29) is 5.91 Å². The molecule has 0 bridgehead atoms. The molecule has 0 saturated carbocycles. The summed E-state index contributed by atoms with van der Waals surface area (Å²) in [5, 5.41) is 2.86. The van der Waals surface area contributed by atoms with Crippen molar-refractivity contribution < 1.29 is 4.79 Å². The zero-order valence-corrected chi connectivity index (χ0v) is 11.0. The fourth-order valence-electron chi connectivity index (χ4n) is 1.53. The van der Waals surface area contributed by atoms with Crippen LogP contribution in [0.15, 0.2) is 53.0 Å². The monoisotopic (exact) mass is 289 g/mol. The standard InChI is InChI=1S/C14H12BrNO/c1-10-3-2-4-13(9-10)16-14(17)11-5-7-12(15)8-6-11/h2-9H,1H3,(H,16,17). The molecule has 0 aliphatic rings. The normalized spacial score (nSPS) is 10.0. The molecule has 2 rings (SSSR count). The highest BCUT2D eigenvalue weighted by atomic mass is 79.9. The summed E-state index contributed by atoms with van der Waals surface area (Å²) in [6.45, 7) is 2.00. The number of hydrogen-bond donors (Lipinski definition) is 1. The number of rotatable bonds is 2. The van der Waals surface area contributed by atoms with Crippen molar-refractivity contribution in [1.82, 2.24) is 0 Å². The summed E-state index contributed by atoms with van der Waals surface area (Å²) in [5.41, 5.74) is 2.59. The maximum atomic E-state index is 11.9. The number of carbonyl (C=O) groups excluding carboxylic acids is 1. The van der Waals surface area contributed by atoms with Gasteiger partial charge in [0.05, 0.1) is 0 Å². The molecule has 0 spiro atoms. The summed E-state index contributed by atoms with van der Waals surface area (Å²) in [4.78, 5) is 11.9. The van der Waals surface area contributed by atoms with Crippen LogP contribution in [-0.2, 0) is 0 Å². The Balaban J connectivity index is 2.14. The van der Waals surface area contributed by atoms with E-state index in [0.717, 1.165) is 15.7 Å². The number of benzene rings is 2. The van der Waals surface area contributed by atoms with Crippen molar-refractivity contribution in [2.24, 2.45) is 0 Å². The topological polar surface area (TPSA) is 29.1 Å². The Labute approximate surface area is 109 Å². The van der Waals surface area contributed by atoms with Gasteiger partial charge in [-0.2, -0.15) is 0 Å². The number of amides is 1. The van der Waals surface area contributed by atoms with Gasteiger partial charge in [-0.25, -0.2) is 0 Å². The first kappa shape index (κ1) is 11.9. The van der Waals surface area contributed by atoms with E-state index in [2.05, 4.69) is 21.2 Å². The molecule has 0 fully saturated rings. The maximum Gasteiger partial charge on any atom is 0.255 e. The van der Waals surface area contributed by atoms with Gasteiger partial charge in [-0.05, 0) is 48.9 Å². The molecule has 2 nitrogen and oxygen atoms in total. The zero-order chi connectivity index (χ0) is 12.3. The van der Waals surface area contributed by atoms with Crippen LogP contribution in [0, 0.1) is 6.92 Å². The number of hydrogen-bond acceptors (Lipinski definition) is 1. The van der Waals surface area contributed by atoms with E-state index in [1.807, 2.05) is 43.3 Å². The van der Waals surface area contributed by atoms with E-state index < -0.39 is 0 Å². The summed E-state index contributed by atoms with van der Waals surface area (Å²) in [6, 6.07) is 15.0. The highest BCUT2D eigenvalue weighted by Gasteiger charge is 2.05. The van der Waals surface area contributed by atoms with Crippen LogP contribution in [0.1, 0.15) is 15.9 Å². The second kappa shape index (κ2) is 5.15. The average molecular weight is 290 g/mol. The molecule has 3 heteroatoms. The lowest BCUT2D eigenvalue weighted by atomic mass is 10.2. The molecule has 0 heterocycles. The predicted octanol–water partition coefficient (Wildman–Crippen LogP) is 4.01. The van der Waals surface area contributed by atoms with Gasteiger partial charge in [-0.3, -0.25) is 4.79 Å². The van der Waals surface area contributed by atoms with E-state index in [4.69, 9.17) is 0 Å². The molecule has 0 aliphatic heterocycles. The number of aryl methyl sites for hydroxylation is 1. The minimum atomic E-state index is -0.0944. The van der Waals surface area contributed by atoms with Crippen molar-refractivity contribution in [3.63, 3.8) is 0 Å². The molecule has 86 valence electrons. The molecule has 2 aromatic carbocycles. The van der Waals surface area contributed by atoms with Crippen molar-refractivity contribution in [3.8, 4) is 0 Å². The number of nitrogens with one attached hydrogen (secondary N) is 1. The summed E-state index contributed by atoms with van der Waals surface area (Å²) >= 11 is 3.34. The van der Waals surface area contributed by atoms with Crippen molar-refractivity contribution >= 4 is 27.5 Å². The minimum Gasteiger partial charge on any atom is -0.322 e. The lowest BCUT2D eigenvalue weighted by molar-refractivity contribution is 0.102. The van der Waals surface area contributed by atoms with Crippen molar-refractivity contribution in [2.75, 3.05) is 5.32 Å². The Kier molecular flexibility index (Phi) is 3.59. The van der Waals surface area contributed by atoms with E-state index >= 15 is 0 Å². The van der Waals surface area contributed by atoms with E-state index in [1.54, 1.807) is 12.1 Å². The van der Waals surface area contributed by atoms with Gasteiger partial charge in [0.2, 0.25) is 0 Å². The van der Waals surface area contributed by atoms with Crippen LogP contribution in [0.2, 0.25) is 0 Å². The van der Waals surface area contributed by atoms with E-state index in [0.29, 0.717) is 5.56 Å². The number of anilines is 1. The first-order chi connectivity index (χ1) is 8.15. The van der Waals surface area contributed by atoms with Gasteiger partial charge in [-0.1, -0.05) is 28.1 Å². The average Bonchev–Trinajstić information content (AvgIpc) is 2.29. The number of carbonyl (C=O) groups is 1. The lowest BCUT2D eigenvalue weighted by Crippen LogP contribution is -2.11. The van der Waals surface area contributed by atoms with E-state index in [1.165, 1.54) is 0 Å². The second-order valence-corrected chi connectivity index (χ2v) is 4.75. The van der Waals surface area contributed by atoms with Crippen molar-refractivity contribution in [2.45, 2.75) is 6.92 Å². The summed E-state index contributed by atoms with van der Waals surface area (Å²) in [6.07, 6.45) is 0. The molecule has 0 unspecified atom stereocenters. The second-order valence-electron chi connectivity index (χ2n) is 3.83. The molecule has 0 aliphatic carbocycles. The first-order valence-electron chi connectivity index (χ1n) is 5.29. The Morgan fingerprint density at radius 2 is 1.82 bits per heavy atom. The zero-order valence-electron chi connectivity index (χ0n) is 9.41. The summed E-state index contributed by atoms with van der Waals surface area (Å²) in [5.74, 6) is -0.0944. The molecule has 0 radical (unpaired) electrons. The molecule has 17 heavy (non-hydrogen) atoms. The smallest absolute Gasteiger partial charge is 0.255 e. The third kappa shape index (κ3) is 3.17. The molecular weight excluding hydrogens is 278 g/mol. The number of halogens is 1. The molecule has 2 aromatic rings. The van der Waals surface area contributed by atoms with E-state index in [9.17, 15) is 4.79 Å². The van der Waals surface area contributed by atoms with Crippen LogP contribution < -0.4 is 5.32 Å². The minimum absolute atomic E-state index is 0.0944. The lowest BCUT2D eigenvalue weighted by Gasteiger charge is -2.05. The van der Waals surface area contributed by atoms with Gasteiger partial charge < -0.3 is 5.32 Å². The SMILES string of the molecule is Cc1cccc(NC(=O)c2ccc(Br)cc2)c1. The third-order valence-corrected chi connectivity index (χ3v) is 2.91. The maximum absolute atomic E-state index is 11.9. The highest BCUT2D eigenvalue weighted by molar-refractivity contribution is 9.10. The Morgan fingerprint density at radius 3 is 2.47 bits per heavy atom. The first-order valence-corrected chi connectivity index (χ1v) is 6.08. The van der Waals surface area contributed by atoms with Crippen LogP contribution >= 0.6 is 15.9 Å². The van der Waals surface area contributed by atoms with Gasteiger partial charge in [0.25, 0.3) is 5.91 Å². The Hall–Kier alpha value is -1.61. The molecule has 0 atom stereocenters. The molecular formula is C14H12BrNO. The van der Waals surface area contributed by atoms with Gasteiger partial charge in [0, 0.05) is 15.7 Å². The van der Waals surface area contributed by atoms with Gasteiger partial charge in [0.1, 0.15) is 0 Å². The molecule has 1 N–H and O–H groups in total. The van der Waals surface area contributed by atoms with Crippen LogP contribution in [0.4, 0.5) is 5.69 Å². The van der Waals surface area contributed by atoms with Crippen molar-refractivity contribution in [3.05, 3.63) is 64.1 Å². The Bertz CT molecular complexity index is 534. The van der Waals surface area contributed by atoms with Crippen LogP contribution in [0.3, 0.4) is 0 Å². The highest BCUT2D eigenvalue weighted by Crippen LogP contribution is 2.14. The van der Waals surface area contributed by atoms with Gasteiger partial charge in [-0.15, -0.1) is 0 Å². The fraction of sp³-hybridized carbons (Fsp3) is 0.0714. The molecule has 0 saturated heterocycles. The summed E-state index contributed by atoms with van der Waals surface area (Å²) < 4.78 is 0.963. The van der Waals surface area contributed by atoms with Gasteiger partial charge >= 0.3 is 0 Å².